The monoisotopic (exact) mass is 276 g/mol. The highest BCUT2D eigenvalue weighted by atomic mass is 16.4. The first kappa shape index (κ1) is 15.9. The predicted octanol–water partition coefficient (Wildman–Crippen LogP) is 2.49. The van der Waals surface area contributed by atoms with Crippen molar-refractivity contribution in [1.82, 2.24) is 10.3 Å². The van der Waals surface area contributed by atoms with E-state index in [1.54, 1.807) is 6.07 Å². The number of carboxylic acid groups (broad SMARTS) is 1. The van der Waals surface area contributed by atoms with Crippen molar-refractivity contribution < 1.29 is 14.7 Å². The molecule has 5 heteroatoms. The molecule has 2 N–H and O–H groups in total. The largest absolute Gasteiger partial charge is 0.478 e. The van der Waals surface area contributed by atoms with Gasteiger partial charge in [-0.05, 0) is 31.1 Å². The number of carboxylic acids is 1. The molecule has 0 radical (unpaired) electrons. The van der Waals surface area contributed by atoms with Gasteiger partial charge in [-0.2, -0.15) is 0 Å². The summed E-state index contributed by atoms with van der Waals surface area (Å²) in [6, 6.07) is 1.73. The lowest BCUT2D eigenvalue weighted by Gasteiger charge is -2.13. The number of unbranched alkanes of at least 4 members (excludes halogenated alkanes) is 1. The van der Waals surface area contributed by atoms with Crippen molar-refractivity contribution >= 4 is 18.0 Å². The van der Waals surface area contributed by atoms with E-state index < -0.39 is 5.97 Å². The molecule has 0 fully saturated rings. The number of rotatable bonds is 7. The van der Waals surface area contributed by atoms with E-state index in [1.807, 2.05) is 6.92 Å². The van der Waals surface area contributed by atoms with Crippen LogP contribution in [0.3, 0.4) is 0 Å². The summed E-state index contributed by atoms with van der Waals surface area (Å²) in [4.78, 5) is 26.4. The third-order valence-corrected chi connectivity index (χ3v) is 2.81. The van der Waals surface area contributed by atoms with Crippen LogP contribution in [0.5, 0.6) is 0 Å². The van der Waals surface area contributed by atoms with Gasteiger partial charge in [0.2, 0.25) is 0 Å². The molecule has 20 heavy (non-hydrogen) atoms. The third kappa shape index (κ3) is 5.65. The van der Waals surface area contributed by atoms with Crippen LogP contribution in [0.2, 0.25) is 0 Å². The van der Waals surface area contributed by atoms with Crippen LogP contribution in [0, 0.1) is 0 Å². The van der Waals surface area contributed by atoms with E-state index in [0.29, 0.717) is 11.1 Å². The Hall–Kier alpha value is -2.17. The summed E-state index contributed by atoms with van der Waals surface area (Å²) < 4.78 is 0. The number of hydrogen-bond acceptors (Lipinski definition) is 3. The lowest BCUT2D eigenvalue weighted by molar-refractivity contribution is -0.131. The predicted molar refractivity (Wildman–Crippen MR) is 77.4 cm³/mol. The van der Waals surface area contributed by atoms with E-state index in [4.69, 9.17) is 5.11 Å². The van der Waals surface area contributed by atoms with Gasteiger partial charge in [0.1, 0.15) is 0 Å². The average Bonchev–Trinajstić information content (AvgIpc) is 2.43. The number of amides is 1. The highest BCUT2D eigenvalue weighted by Crippen LogP contribution is 2.06. The highest BCUT2D eigenvalue weighted by Gasteiger charge is 2.10. The van der Waals surface area contributed by atoms with E-state index in [9.17, 15) is 9.59 Å². The fraction of sp³-hybridized carbons (Fsp3) is 0.400. The first-order chi connectivity index (χ1) is 9.52. The number of aliphatic carboxylic acids is 1. The lowest BCUT2D eigenvalue weighted by atomic mass is 10.1. The molecular weight excluding hydrogens is 256 g/mol. The highest BCUT2D eigenvalue weighted by molar-refractivity contribution is 5.95. The number of nitrogens with one attached hydrogen (secondary N) is 1. The van der Waals surface area contributed by atoms with Crippen molar-refractivity contribution in [3.63, 3.8) is 0 Å². The minimum Gasteiger partial charge on any atom is -0.478 e. The van der Waals surface area contributed by atoms with Gasteiger partial charge in [-0.15, -0.1) is 0 Å². The summed E-state index contributed by atoms with van der Waals surface area (Å²) in [7, 11) is 0. The minimum atomic E-state index is -1.03. The first-order valence-electron chi connectivity index (χ1n) is 6.70. The van der Waals surface area contributed by atoms with Crippen LogP contribution < -0.4 is 5.32 Å². The molecule has 1 aromatic heterocycles. The van der Waals surface area contributed by atoms with Crippen molar-refractivity contribution in [2.24, 2.45) is 0 Å². The van der Waals surface area contributed by atoms with Gasteiger partial charge in [-0.3, -0.25) is 9.78 Å². The average molecular weight is 276 g/mol. The van der Waals surface area contributed by atoms with Gasteiger partial charge in [0, 0.05) is 24.5 Å². The smallest absolute Gasteiger partial charge is 0.328 e. The number of aromatic nitrogens is 1. The quantitative estimate of drug-likeness (QED) is 0.750. The molecule has 0 spiro atoms. The van der Waals surface area contributed by atoms with Crippen molar-refractivity contribution in [2.75, 3.05) is 0 Å². The fourth-order valence-corrected chi connectivity index (χ4v) is 1.73. The standard InChI is InChI=1S/C15H20N2O3/c1-3-4-5-11(2)17-15(20)13-8-12(9-16-10-13)6-7-14(18)19/h6-11H,3-5H2,1-2H3,(H,17,20)(H,18,19). The van der Waals surface area contributed by atoms with Gasteiger partial charge in [0.05, 0.1) is 5.56 Å². The van der Waals surface area contributed by atoms with Crippen molar-refractivity contribution in [3.05, 3.63) is 35.7 Å². The maximum absolute atomic E-state index is 12.0. The Balaban J connectivity index is 2.68. The molecule has 0 bridgehead atoms. The summed E-state index contributed by atoms with van der Waals surface area (Å²) >= 11 is 0. The molecular formula is C15H20N2O3. The van der Waals surface area contributed by atoms with Crippen LogP contribution in [-0.2, 0) is 4.79 Å². The molecule has 1 atom stereocenters. The number of pyridine rings is 1. The molecule has 0 saturated carbocycles. The van der Waals surface area contributed by atoms with Gasteiger partial charge in [-0.1, -0.05) is 19.8 Å². The van der Waals surface area contributed by atoms with Crippen molar-refractivity contribution in [3.8, 4) is 0 Å². The Morgan fingerprint density at radius 1 is 1.45 bits per heavy atom. The minimum absolute atomic E-state index is 0.112. The molecule has 1 unspecified atom stereocenters. The molecule has 1 heterocycles. The van der Waals surface area contributed by atoms with Crippen LogP contribution in [0.1, 0.15) is 49.0 Å². The molecule has 0 aliphatic heterocycles. The SMILES string of the molecule is CCCCC(C)NC(=O)c1cncc(C=CC(=O)O)c1. The zero-order valence-corrected chi connectivity index (χ0v) is 11.8. The Labute approximate surface area is 118 Å². The summed E-state index contributed by atoms with van der Waals surface area (Å²) in [5.41, 5.74) is 1.02. The molecule has 0 aromatic carbocycles. The van der Waals surface area contributed by atoms with Crippen molar-refractivity contribution in [2.45, 2.75) is 39.2 Å². The third-order valence-electron chi connectivity index (χ3n) is 2.81. The van der Waals surface area contributed by atoms with Crippen LogP contribution in [-0.4, -0.2) is 28.0 Å². The van der Waals surface area contributed by atoms with E-state index in [0.717, 1.165) is 25.3 Å². The van der Waals surface area contributed by atoms with Crippen LogP contribution >= 0.6 is 0 Å². The Morgan fingerprint density at radius 3 is 2.85 bits per heavy atom. The number of carbonyl (C=O) groups excluding carboxylic acids is 1. The van der Waals surface area contributed by atoms with Gasteiger partial charge in [0.15, 0.2) is 0 Å². The molecule has 1 aromatic rings. The topological polar surface area (TPSA) is 79.3 Å². The summed E-state index contributed by atoms with van der Waals surface area (Å²) in [6.07, 6.45) is 8.51. The second kappa shape index (κ2) is 8.09. The van der Waals surface area contributed by atoms with Crippen LogP contribution in [0.25, 0.3) is 6.08 Å². The lowest BCUT2D eigenvalue weighted by Crippen LogP contribution is -2.32. The Morgan fingerprint density at radius 2 is 2.20 bits per heavy atom. The Bertz CT molecular complexity index is 498. The molecule has 0 aliphatic rings. The first-order valence-corrected chi connectivity index (χ1v) is 6.70. The van der Waals surface area contributed by atoms with Gasteiger partial charge in [-0.25, -0.2) is 4.79 Å². The van der Waals surface area contributed by atoms with E-state index >= 15 is 0 Å². The van der Waals surface area contributed by atoms with E-state index in [1.165, 1.54) is 18.5 Å². The summed E-state index contributed by atoms with van der Waals surface area (Å²) in [5.74, 6) is -1.22. The normalized spacial score (nSPS) is 12.3. The number of hydrogen-bond donors (Lipinski definition) is 2. The van der Waals surface area contributed by atoms with Crippen LogP contribution in [0.15, 0.2) is 24.5 Å². The molecule has 0 aliphatic carbocycles. The molecule has 1 rings (SSSR count). The van der Waals surface area contributed by atoms with Crippen molar-refractivity contribution in [1.29, 1.82) is 0 Å². The second-order valence-electron chi connectivity index (χ2n) is 4.70. The maximum atomic E-state index is 12.0. The number of nitrogens with zero attached hydrogens (tertiary/aromatic N) is 1. The van der Waals surface area contributed by atoms with E-state index in [-0.39, 0.29) is 11.9 Å². The maximum Gasteiger partial charge on any atom is 0.328 e. The summed E-state index contributed by atoms with van der Waals surface area (Å²) in [6.45, 7) is 4.08. The molecule has 108 valence electrons. The summed E-state index contributed by atoms with van der Waals surface area (Å²) in [5, 5.41) is 11.5. The molecule has 5 nitrogen and oxygen atoms in total. The van der Waals surface area contributed by atoms with Gasteiger partial charge < -0.3 is 10.4 Å². The zero-order chi connectivity index (χ0) is 15.0. The fourth-order valence-electron chi connectivity index (χ4n) is 1.73. The zero-order valence-electron chi connectivity index (χ0n) is 11.8. The van der Waals surface area contributed by atoms with E-state index in [2.05, 4.69) is 17.2 Å². The second-order valence-corrected chi connectivity index (χ2v) is 4.70. The number of carbonyl (C=O) groups is 2. The van der Waals surface area contributed by atoms with Gasteiger partial charge in [0.25, 0.3) is 5.91 Å². The van der Waals surface area contributed by atoms with Crippen LogP contribution in [0.4, 0.5) is 0 Å². The van der Waals surface area contributed by atoms with Gasteiger partial charge >= 0.3 is 5.97 Å². The molecule has 0 saturated heterocycles. The molecule has 1 amide bonds. The Kier molecular flexibility index (Phi) is 6.43.